The van der Waals surface area contributed by atoms with Crippen molar-refractivity contribution in [3.8, 4) is 0 Å². The van der Waals surface area contributed by atoms with Gasteiger partial charge in [0.05, 0.1) is 11.8 Å². The largest absolute Gasteiger partial charge is 0.472 e. The van der Waals surface area contributed by atoms with Gasteiger partial charge in [0.25, 0.3) is 0 Å². The highest BCUT2D eigenvalue weighted by Crippen LogP contribution is 2.35. The molecular weight excluding hydrogens is 178 g/mol. The van der Waals surface area contributed by atoms with Crippen LogP contribution >= 0.6 is 0 Å². The molecule has 1 aromatic rings. The van der Waals surface area contributed by atoms with Crippen LogP contribution in [0.15, 0.2) is 23.0 Å². The Morgan fingerprint density at radius 2 is 2.43 bits per heavy atom. The molecule has 14 heavy (non-hydrogen) atoms. The molecule has 3 unspecified atom stereocenters. The zero-order valence-corrected chi connectivity index (χ0v) is 7.90. The molecule has 74 valence electrons. The molecule has 2 aliphatic rings. The molecule has 0 aromatic carbocycles. The fourth-order valence-corrected chi connectivity index (χ4v) is 2.73. The van der Waals surface area contributed by atoms with Gasteiger partial charge in [0.15, 0.2) is 5.78 Å². The first-order chi connectivity index (χ1) is 6.84. The van der Waals surface area contributed by atoms with Crippen LogP contribution in [0.4, 0.5) is 0 Å². The van der Waals surface area contributed by atoms with Gasteiger partial charge in [0.2, 0.25) is 0 Å². The Morgan fingerprint density at radius 3 is 3.00 bits per heavy atom. The highest BCUT2D eigenvalue weighted by Gasteiger charge is 2.42. The second-order valence-corrected chi connectivity index (χ2v) is 4.27. The molecule has 0 amide bonds. The molecule has 3 heterocycles. The summed E-state index contributed by atoms with van der Waals surface area (Å²) in [6, 6.07) is 2.76. The average Bonchev–Trinajstić information content (AvgIpc) is 2.93. The number of hydrogen-bond acceptors (Lipinski definition) is 3. The van der Waals surface area contributed by atoms with E-state index in [0.29, 0.717) is 12.1 Å². The number of rotatable bonds is 2. The average molecular weight is 191 g/mol. The van der Waals surface area contributed by atoms with E-state index >= 15 is 0 Å². The summed E-state index contributed by atoms with van der Waals surface area (Å²) in [7, 11) is 0. The van der Waals surface area contributed by atoms with Gasteiger partial charge >= 0.3 is 0 Å². The Kier molecular flexibility index (Phi) is 1.74. The van der Waals surface area contributed by atoms with Crippen molar-refractivity contribution in [2.24, 2.45) is 5.92 Å². The van der Waals surface area contributed by atoms with E-state index in [1.165, 1.54) is 6.42 Å². The van der Waals surface area contributed by atoms with Gasteiger partial charge in [-0.15, -0.1) is 0 Å². The number of nitrogens with one attached hydrogen (secondary N) is 1. The van der Waals surface area contributed by atoms with Crippen LogP contribution in [0.25, 0.3) is 0 Å². The van der Waals surface area contributed by atoms with Gasteiger partial charge in [-0.05, 0) is 25.3 Å². The topological polar surface area (TPSA) is 42.2 Å². The van der Waals surface area contributed by atoms with E-state index in [0.717, 1.165) is 18.4 Å². The summed E-state index contributed by atoms with van der Waals surface area (Å²) in [6.07, 6.45) is 6.51. The summed E-state index contributed by atoms with van der Waals surface area (Å²) in [5.74, 6) is 0.435. The molecule has 1 N–H and O–H groups in total. The summed E-state index contributed by atoms with van der Waals surface area (Å²) >= 11 is 0. The van der Waals surface area contributed by atoms with Crippen molar-refractivity contribution >= 4 is 5.78 Å². The predicted octanol–water partition coefficient (Wildman–Crippen LogP) is 1.60. The third kappa shape index (κ3) is 1.12. The van der Waals surface area contributed by atoms with Crippen LogP contribution in [0.5, 0.6) is 0 Å². The number of carbonyl (C=O) groups is 1. The molecule has 0 spiro atoms. The number of furan rings is 1. The second-order valence-electron chi connectivity index (χ2n) is 4.27. The fourth-order valence-electron chi connectivity index (χ4n) is 2.73. The van der Waals surface area contributed by atoms with Crippen LogP contribution in [0, 0.1) is 5.92 Å². The maximum atomic E-state index is 12.0. The summed E-state index contributed by atoms with van der Waals surface area (Å²) in [6.45, 7) is 0. The standard InChI is InChI=1S/C11H13NO2/c13-11(7-3-4-14-6-7)9-5-8-1-2-10(9)12-8/h3-4,6,8-10,12H,1-2,5H2. The van der Waals surface area contributed by atoms with Gasteiger partial charge in [-0.25, -0.2) is 0 Å². The number of hydrogen-bond donors (Lipinski definition) is 1. The third-order valence-corrected chi connectivity index (χ3v) is 3.44. The highest BCUT2D eigenvalue weighted by molar-refractivity contribution is 5.98. The minimum atomic E-state index is 0.186. The predicted molar refractivity (Wildman–Crippen MR) is 51.1 cm³/mol. The summed E-state index contributed by atoms with van der Waals surface area (Å²) in [5, 5.41) is 3.47. The van der Waals surface area contributed by atoms with Gasteiger partial charge in [-0.3, -0.25) is 4.79 Å². The third-order valence-electron chi connectivity index (χ3n) is 3.44. The molecule has 3 rings (SSSR count). The number of Topliss-reactive ketones (excluding diaryl/α,β-unsaturated/α-hetero) is 1. The molecule has 2 fully saturated rings. The summed E-state index contributed by atoms with van der Waals surface area (Å²) in [4.78, 5) is 12.0. The van der Waals surface area contributed by atoms with Crippen LogP contribution in [0.3, 0.4) is 0 Å². The van der Waals surface area contributed by atoms with Crippen molar-refractivity contribution in [1.29, 1.82) is 0 Å². The fraction of sp³-hybridized carbons (Fsp3) is 0.545. The first-order valence-electron chi connectivity index (χ1n) is 5.17. The van der Waals surface area contributed by atoms with Gasteiger partial charge in [-0.2, -0.15) is 0 Å². The zero-order valence-electron chi connectivity index (χ0n) is 7.90. The molecule has 3 nitrogen and oxygen atoms in total. The lowest BCUT2D eigenvalue weighted by atomic mass is 9.84. The molecule has 2 bridgehead atoms. The van der Waals surface area contributed by atoms with E-state index in [2.05, 4.69) is 5.32 Å². The van der Waals surface area contributed by atoms with Crippen molar-refractivity contribution in [3.63, 3.8) is 0 Å². The van der Waals surface area contributed by atoms with Gasteiger partial charge in [0, 0.05) is 18.0 Å². The number of ketones is 1. The molecule has 2 aliphatic heterocycles. The van der Waals surface area contributed by atoms with Crippen LogP contribution < -0.4 is 5.32 Å². The minimum Gasteiger partial charge on any atom is -0.472 e. The van der Waals surface area contributed by atoms with Crippen molar-refractivity contribution < 1.29 is 9.21 Å². The maximum absolute atomic E-state index is 12.0. The molecular formula is C11H13NO2. The van der Waals surface area contributed by atoms with E-state index in [-0.39, 0.29) is 11.7 Å². The van der Waals surface area contributed by atoms with Crippen LogP contribution in [-0.2, 0) is 0 Å². The monoisotopic (exact) mass is 191 g/mol. The van der Waals surface area contributed by atoms with Crippen molar-refractivity contribution in [1.82, 2.24) is 5.32 Å². The lowest BCUT2D eigenvalue weighted by molar-refractivity contribution is 0.0900. The van der Waals surface area contributed by atoms with Crippen molar-refractivity contribution in [3.05, 3.63) is 24.2 Å². The van der Waals surface area contributed by atoms with E-state index < -0.39 is 0 Å². The Labute approximate surface area is 82.5 Å². The van der Waals surface area contributed by atoms with Crippen LogP contribution in [0.2, 0.25) is 0 Å². The van der Waals surface area contributed by atoms with Gasteiger partial charge in [0.1, 0.15) is 6.26 Å². The van der Waals surface area contributed by atoms with Gasteiger partial charge < -0.3 is 9.73 Å². The molecule has 3 heteroatoms. The number of fused-ring (bicyclic) bond motifs is 2. The molecule has 3 atom stereocenters. The molecule has 0 radical (unpaired) electrons. The van der Waals surface area contributed by atoms with Crippen LogP contribution in [-0.4, -0.2) is 17.9 Å². The number of carbonyl (C=O) groups excluding carboxylic acids is 1. The first kappa shape index (κ1) is 8.24. The summed E-state index contributed by atoms with van der Waals surface area (Å²) < 4.78 is 4.93. The van der Waals surface area contributed by atoms with Crippen molar-refractivity contribution in [2.45, 2.75) is 31.3 Å². The SMILES string of the molecule is O=C(c1ccoc1)C1CC2CCC1N2. The summed E-state index contributed by atoms with van der Waals surface area (Å²) in [5.41, 5.74) is 0.726. The molecule has 0 saturated carbocycles. The molecule has 0 aliphatic carbocycles. The molecule has 2 saturated heterocycles. The zero-order chi connectivity index (χ0) is 9.54. The van der Waals surface area contributed by atoms with Gasteiger partial charge in [-0.1, -0.05) is 0 Å². The Morgan fingerprint density at radius 1 is 1.50 bits per heavy atom. The van der Waals surface area contributed by atoms with E-state index in [1.807, 2.05) is 0 Å². The Hall–Kier alpha value is -1.09. The smallest absolute Gasteiger partial charge is 0.170 e. The highest BCUT2D eigenvalue weighted by atomic mass is 16.3. The maximum Gasteiger partial charge on any atom is 0.170 e. The Bertz CT molecular complexity index is 344. The lowest BCUT2D eigenvalue weighted by Crippen LogP contribution is -2.28. The first-order valence-corrected chi connectivity index (χ1v) is 5.17. The van der Waals surface area contributed by atoms with Crippen LogP contribution in [0.1, 0.15) is 29.6 Å². The van der Waals surface area contributed by atoms with Crippen molar-refractivity contribution in [2.75, 3.05) is 0 Å². The van der Waals surface area contributed by atoms with E-state index in [9.17, 15) is 4.79 Å². The van der Waals surface area contributed by atoms with E-state index in [1.54, 1.807) is 18.6 Å². The molecule has 1 aromatic heterocycles. The minimum absolute atomic E-state index is 0.186. The second kappa shape index (κ2) is 2.95. The Balaban J connectivity index is 1.81. The lowest BCUT2D eigenvalue weighted by Gasteiger charge is -2.17. The van der Waals surface area contributed by atoms with E-state index in [4.69, 9.17) is 4.42 Å². The normalized spacial score (nSPS) is 35.0. The quantitative estimate of drug-likeness (QED) is 0.722.